The van der Waals surface area contributed by atoms with E-state index in [-0.39, 0.29) is 24.6 Å². The van der Waals surface area contributed by atoms with Crippen LogP contribution in [0.4, 0.5) is 0 Å². The third-order valence-corrected chi connectivity index (χ3v) is 4.42. The highest BCUT2D eigenvalue weighted by Crippen LogP contribution is 2.15. The van der Waals surface area contributed by atoms with Gasteiger partial charge in [0.15, 0.2) is 5.69 Å². The molecule has 0 aliphatic carbocycles. The number of nitrogens with zero attached hydrogens (tertiary/aromatic N) is 4. The van der Waals surface area contributed by atoms with E-state index in [1.165, 1.54) is 4.90 Å². The van der Waals surface area contributed by atoms with Crippen molar-refractivity contribution in [2.24, 2.45) is 0 Å². The van der Waals surface area contributed by atoms with Crippen molar-refractivity contribution in [1.29, 1.82) is 0 Å². The molecule has 9 heteroatoms. The van der Waals surface area contributed by atoms with Gasteiger partial charge in [-0.15, -0.1) is 16.4 Å². The molecule has 0 spiro atoms. The number of amides is 1. The molecule has 3 heterocycles. The first-order valence-corrected chi connectivity index (χ1v) is 8.04. The molecule has 0 aromatic carbocycles. The molecule has 0 bridgehead atoms. The molecule has 1 saturated heterocycles. The Morgan fingerprint density at radius 2 is 2.35 bits per heavy atom. The molecule has 1 aliphatic heterocycles. The van der Waals surface area contributed by atoms with Crippen LogP contribution in [0.1, 0.15) is 21.8 Å². The van der Waals surface area contributed by atoms with Crippen LogP contribution in [0.3, 0.4) is 0 Å². The molecular weight excluding hydrogens is 320 g/mol. The van der Waals surface area contributed by atoms with Gasteiger partial charge < -0.3 is 14.7 Å². The van der Waals surface area contributed by atoms with Crippen LogP contribution >= 0.6 is 11.3 Å². The molecule has 2 aromatic heterocycles. The summed E-state index contributed by atoms with van der Waals surface area (Å²) in [7, 11) is 0. The fourth-order valence-electron chi connectivity index (χ4n) is 2.48. The minimum atomic E-state index is -0.959. The largest absolute Gasteiger partial charge is 0.481 e. The Kier molecular flexibility index (Phi) is 4.68. The van der Waals surface area contributed by atoms with Gasteiger partial charge >= 0.3 is 5.97 Å². The standard InChI is InChI=1S/C14H16N4O4S/c19-13(20)6-10-9-22-4-3-18(10)14(21)12-8-17(16-15-12)7-11-2-1-5-23-11/h1-2,5,8,10H,3-4,6-7,9H2,(H,19,20). The second-order valence-corrected chi connectivity index (χ2v) is 6.24. The molecule has 122 valence electrons. The zero-order chi connectivity index (χ0) is 16.2. The summed E-state index contributed by atoms with van der Waals surface area (Å²) >= 11 is 1.60. The maximum atomic E-state index is 12.6. The monoisotopic (exact) mass is 336 g/mol. The fourth-order valence-corrected chi connectivity index (χ4v) is 3.17. The van der Waals surface area contributed by atoms with E-state index in [9.17, 15) is 9.59 Å². The summed E-state index contributed by atoms with van der Waals surface area (Å²) in [6.07, 6.45) is 1.45. The van der Waals surface area contributed by atoms with Gasteiger partial charge in [0.05, 0.1) is 38.4 Å². The van der Waals surface area contributed by atoms with Gasteiger partial charge in [-0.3, -0.25) is 9.59 Å². The average molecular weight is 336 g/mol. The summed E-state index contributed by atoms with van der Waals surface area (Å²) in [6.45, 7) is 1.53. The van der Waals surface area contributed by atoms with Gasteiger partial charge in [-0.1, -0.05) is 11.3 Å². The second kappa shape index (κ2) is 6.88. The molecule has 1 atom stereocenters. The Balaban J connectivity index is 1.71. The summed E-state index contributed by atoms with van der Waals surface area (Å²) in [5.41, 5.74) is 0.221. The predicted molar refractivity (Wildman–Crippen MR) is 81.3 cm³/mol. The van der Waals surface area contributed by atoms with Crippen molar-refractivity contribution >= 4 is 23.2 Å². The number of morpholine rings is 1. The van der Waals surface area contributed by atoms with Crippen molar-refractivity contribution in [1.82, 2.24) is 19.9 Å². The van der Waals surface area contributed by atoms with Crippen LogP contribution in [-0.4, -0.2) is 62.7 Å². The van der Waals surface area contributed by atoms with E-state index in [2.05, 4.69) is 10.3 Å². The molecule has 2 aromatic rings. The topological polar surface area (TPSA) is 97.6 Å². The number of aliphatic carboxylic acids is 1. The predicted octanol–water partition coefficient (Wildman–Crippen LogP) is 0.704. The quantitative estimate of drug-likeness (QED) is 0.863. The first-order chi connectivity index (χ1) is 11.1. The van der Waals surface area contributed by atoms with Crippen molar-refractivity contribution < 1.29 is 19.4 Å². The zero-order valence-electron chi connectivity index (χ0n) is 12.3. The Morgan fingerprint density at radius 3 is 3.09 bits per heavy atom. The average Bonchev–Trinajstić information content (AvgIpc) is 3.19. The lowest BCUT2D eigenvalue weighted by Crippen LogP contribution is -2.49. The number of aromatic nitrogens is 3. The summed E-state index contributed by atoms with van der Waals surface area (Å²) in [5, 5.41) is 18.8. The van der Waals surface area contributed by atoms with Crippen LogP contribution in [0.2, 0.25) is 0 Å². The van der Waals surface area contributed by atoms with Gasteiger partial charge in [0.2, 0.25) is 0 Å². The summed E-state index contributed by atoms with van der Waals surface area (Å²) in [4.78, 5) is 26.1. The number of ether oxygens (including phenoxy) is 1. The summed E-state index contributed by atoms with van der Waals surface area (Å²) in [6, 6.07) is 3.46. The number of carboxylic acids is 1. The minimum Gasteiger partial charge on any atom is -0.481 e. The number of carboxylic acid groups (broad SMARTS) is 1. The van der Waals surface area contributed by atoms with Gasteiger partial charge in [-0.25, -0.2) is 4.68 Å². The van der Waals surface area contributed by atoms with Gasteiger partial charge in [0.25, 0.3) is 5.91 Å². The highest BCUT2D eigenvalue weighted by atomic mass is 32.1. The Bertz CT molecular complexity index is 685. The van der Waals surface area contributed by atoms with Gasteiger partial charge in [-0.2, -0.15) is 0 Å². The van der Waals surface area contributed by atoms with E-state index >= 15 is 0 Å². The maximum absolute atomic E-state index is 12.6. The van der Waals surface area contributed by atoms with Gasteiger partial charge in [-0.05, 0) is 11.4 Å². The Labute approximate surface area is 136 Å². The number of thiophene rings is 1. The van der Waals surface area contributed by atoms with Gasteiger partial charge in [0.1, 0.15) is 0 Å². The second-order valence-electron chi connectivity index (χ2n) is 5.21. The number of hydrogen-bond donors (Lipinski definition) is 1. The molecule has 1 fully saturated rings. The molecule has 1 N–H and O–H groups in total. The normalized spacial score (nSPS) is 18.1. The van der Waals surface area contributed by atoms with E-state index < -0.39 is 12.0 Å². The maximum Gasteiger partial charge on any atom is 0.305 e. The zero-order valence-corrected chi connectivity index (χ0v) is 13.1. The number of rotatable bonds is 5. The molecule has 0 saturated carbocycles. The van der Waals surface area contributed by atoms with Crippen LogP contribution in [0.15, 0.2) is 23.7 Å². The SMILES string of the molecule is O=C(O)CC1COCCN1C(=O)c1cn(Cc2cccs2)nn1. The number of carbonyl (C=O) groups is 2. The summed E-state index contributed by atoms with van der Waals surface area (Å²) < 4.78 is 6.88. The van der Waals surface area contributed by atoms with Crippen molar-refractivity contribution in [3.8, 4) is 0 Å². The van der Waals surface area contributed by atoms with Crippen molar-refractivity contribution in [3.05, 3.63) is 34.3 Å². The first kappa shape index (κ1) is 15.6. The first-order valence-electron chi connectivity index (χ1n) is 7.16. The van der Waals surface area contributed by atoms with Crippen LogP contribution in [0.25, 0.3) is 0 Å². The van der Waals surface area contributed by atoms with Crippen LogP contribution in [0.5, 0.6) is 0 Å². The van der Waals surface area contributed by atoms with Crippen molar-refractivity contribution in [3.63, 3.8) is 0 Å². The lowest BCUT2D eigenvalue weighted by atomic mass is 10.1. The van der Waals surface area contributed by atoms with Crippen molar-refractivity contribution in [2.45, 2.75) is 19.0 Å². The molecule has 1 amide bonds. The molecule has 23 heavy (non-hydrogen) atoms. The van der Waals surface area contributed by atoms with E-state index in [0.29, 0.717) is 19.7 Å². The van der Waals surface area contributed by atoms with E-state index in [1.807, 2.05) is 17.5 Å². The molecule has 1 unspecified atom stereocenters. The van der Waals surface area contributed by atoms with Crippen LogP contribution in [0, 0.1) is 0 Å². The van der Waals surface area contributed by atoms with E-state index in [4.69, 9.17) is 9.84 Å². The minimum absolute atomic E-state index is 0.144. The van der Waals surface area contributed by atoms with E-state index in [0.717, 1.165) is 4.88 Å². The van der Waals surface area contributed by atoms with Crippen LogP contribution < -0.4 is 0 Å². The van der Waals surface area contributed by atoms with E-state index in [1.54, 1.807) is 22.2 Å². The molecular formula is C14H16N4O4S. The number of hydrogen-bond acceptors (Lipinski definition) is 6. The Morgan fingerprint density at radius 1 is 1.48 bits per heavy atom. The fraction of sp³-hybridized carbons (Fsp3) is 0.429. The number of carbonyl (C=O) groups excluding carboxylic acids is 1. The smallest absolute Gasteiger partial charge is 0.305 e. The third-order valence-electron chi connectivity index (χ3n) is 3.55. The van der Waals surface area contributed by atoms with Crippen molar-refractivity contribution in [2.75, 3.05) is 19.8 Å². The van der Waals surface area contributed by atoms with Gasteiger partial charge in [0, 0.05) is 11.4 Å². The van der Waals surface area contributed by atoms with Crippen LogP contribution in [-0.2, 0) is 16.1 Å². The highest BCUT2D eigenvalue weighted by Gasteiger charge is 2.31. The molecule has 8 nitrogen and oxygen atoms in total. The lowest BCUT2D eigenvalue weighted by molar-refractivity contribution is -0.139. The Hall–Kier alpha value is -2.26. The highest BCUT2D eigenvalue weighted by molar-refractivity contribution is 7.09. The summed E-state index contributed by atoms with van der Waals surface area (Å²) in [5.74, 6) is -1.27. The molecule has 0 radical (unpaired) electrons. The molecule has 1 aliphatic rings. The molecule has 3 rings (SSSR count). The lowest BCUT2D eigenvalue weighted by Gasteiger charge is -2.34. The third kappa shape index (κ3) is 3.74.